The first-order valence-corrected chi connectivity index (χ1v) is 8.45. The summed E-state index contributed by atoms with van der Waals surface area (Å²) in [5, 5.41) is 2.55. The lowest BCUT2D eigenvalue weighted by Gasteiger charge is -2.11. The number of amides is 1. The number of hydrogen-bond acceptors (Lipinski definition) is 6. The maximum Gasteiger partial charge on any atom is 0.241 e. The van der Waals surface area contributed by atoms with E-state index in [-0.39, 0.29) is 17.2 Å². The summed E-state index contributed by atoms with van der Waals surface area (Å²) in [6, 6.07) is 7.56. The van der Waals surface area contributed by atoms with Crippen LogP contribution in [0.3, 0.4) is 0 Å². The van der Waals surface area contributed by atoms with Crippen LogP contribution in [-0.4, -0.2) is 35.1 Å². The van der Waals surface area contributed by atoms with Gasteiger partial charge in [-0.3, -0.25) is 4.79 Å². The van der Waals surface area contributed by atoms with E-state index in [1.54, 1.807) is 12.1 Å². The molecule has 2 N–H and O–H groups in total. The van der Waals surface area contributed by atoms with E-state index in [1.165, 1.54) is 38.7 Å². The zero-order valence-corrected chi connectivity index (χ0v) is 14.1. The molecule has 0 aliphatic carbocycles. The fourth-order valence-corrected chi connectivity index (χ4v) is 2.89. The number of ether oxygens (including phenoxy) is 2. The van der Waals surface area contributed by atoms with Crippen molar-refractivity contribution in [2.45, 2.75) is 11.4 Å². The first kappa shape index (κ1) is 17.8. The normalized spacial score (nSPS) is 11.1. The monoisotopic (exact) mass is 354 g/mol. The third-order valence-corrected chi connectivity index (χ3v) is 4.53. The van der Waals surface area contributed by atoms with Gasteiger partial charge in [0.1, 0.15) is 5.76 Å². The Hall–Kier alpha value is -2.52. The Morgan fingerprint density at radius 1 is 1.17 bits per heavy atom. The summed E-state index contributed by atoms with van der Waals surface area (Å²) in [5.41, 5.74) is 0. The van der Waals surface area contributed by atoms with Crippen LogP contribution in [0, 0.1) is 0 Å². The predicted octanol–water partition coefficient (Wildman–Crippen LogP) is 0.891. The summed E-state index contributed by atoms with van der Waals surface area (Å²) >= 11 is 0. The minimum atomic E-state index is -3.85. The zero-order valence-electron chi connectivity index (χ0n) is 13.2. The molecule has 2 rings (SSSR count). The van der Waals surface area contributed by atoms with Crippen LogP contribution in [-0.2, 0) is 21.4 Å². The lowest BCUT2D eigenvalue weighted by molar-refractivity contribution is -0.120. The number of rotatable bonds is 8. The van der Waals surface area contributed by atoms with Crippen molar-refractivity contribution in [1.82, 2.24) is 10.0 Å². The van der Waals surface area contributed by atoms with Gasteiger partial charge in [0.2, 0.25) is 15.9 Å². The van der Waals surface area contributed by atoms with Gasteiger partial charge in [0, 0.05) is 6.07 Å². The smallest absolute Gasteiger partial charge is 0.241 e. The number of carbonyl (C=O) groups excluding carboxylic acids is 1. The highest BCUT2D eigenvalue weighted by atomic mass is 32.2. The average Bonchev–Trinajstić information content (AvgIpc) is 3.11. The van der Waals surface area contributed by atoms with Gasteiger partial charge in [0.05, 0.1) is 38.5 Å². The highest BCUT2D eigenvalue weighted by Gasteiger charge is 2.18. The molecule has 9 heteroatoms. The van der Waals surface area contributed by atoms with Gasteiger partial charge < -0.3 is 19.2 Å². The topological polar surface area (TPSA) is 107 Å². The molecule has 0 bridgehead atoms. The molecule has 1 aromatic carbocycles. The van der Waals surface area contributed by atoms with Crippen LogP contribution in [0.5, 0.6) is 11.5 Å². The van der Waals surface area contributed by atoms with E-state index >= 15 is 0 Å². The van der Waals surface area contributed by atoms with Crippen molar-refractivity contribution in [1.29, 1.82) is 0 Å². The van der Waals surface area contributed by atoms with Crippen molar-refractivity contribution >= 4 is 15.9 Å². The molecular weight excluding hydrogens is 336 g/mol. The van der Waals surface area contributed by atoms with Gasteiger partial charge in [-0.15, -0.1) is 0 Å². The Morgan fingerprint density at radius 2 is 1.92 bits per heavy atom. The van der Waals surface area contributed by atoms with Crippen molar-refractivity contribution < 1.29 is 27.1 Å². The van der Waals surface area contributed by atoms with E-state index in [0.29, 0.717) is 11.5 Å². The van der Waals surface area contributed by atoms with Crippen LogP contribution in [0.2, 0.25) is 0 Å². The maximum atomic E-state index is 12.2. The quantitative estimate of drug-likeness (QED) is 0.729. The van der Waals surface area contributed by atoms with Crippen LogP contribution in [0.15, 0.2) is 45.9 Å². The lowest BCUT2D eigenvalue weighted by Crippen LogP contribution is -2.36. The van der Waals surface area contributed by atoms with Crippen LogP contribution in [0.1, 0.15) is 5.76 Å². The highest BCUT2D eigenvalue weighted by molar-refractivity contribution is 7.89. The molecular formula is C15H18N2O6S. The summed E-state index contributed by atoms with van der Waals surface area (Å²) in [7, 11) is -0.996. The van der Waals surface area contributed by atoms with Gasteiger partial charge in [-0.25, -0.2) is 13.1 Å². The summed E-state index contributed by atoms with van der Waals surface area (Å²) in [6.45, 7) is -0.207. The second kappa shape index (κ2) is 7.84. The number of nitrogens with one attached hydrogen (secondary N) is 2. The maximum absolute atomic E-state index is 12.2. The van der Waals surface area contributed by atoms with Crippen LogP contribution in [0.25, 0.3) is 0 Å². The van der Waals surface area contributed by atoms with Gasteiger partial charge >= 0.3 is 0 Å². The molecule has 1 amide bonds. The van der Waals surface area contributed by atoms with E-state index in [4.69, 9.17) is 13.9 Å². The molecule has 8 nitrogen and oxygen atoms in total. The van der Waals surface area contributed by atoms with Crippen molar-refractivity contribution in [3.63, 3.8) is 0 Å². The number of sulfonamides is 1. The first-order chi connectivity index (χ1) is 11.5. The molecule has 2 aromatic rings. The molecule has 130 valence electrons. The van der Waals surface area contributed by atoms with Gasteiger partial charge in [0.25, 0.3) is 0 Å². The Bertz CT molecular complexity index is 786. The molecule has 0 spiro atoms. The van der Waals surface area contributed by atoms with Gasteiger partial charge in [-0.1, -0.05) is 0 Å². The van der Waals surface area contributed by atoms with Crippen LogP contribution < -0.4 is 19.5 Å². The van der Waals surface area contributed by atoms with Gasteiger partial charge in [0.15, 0.2) is 11.5 Å². The number of carbonyl (C=O) groups is 1. The fourth-order valence-electron chi connectivity index (χ4n) is 1.89. The third kappa shape index (κ3) is 4.49. The molecule has 0 aliphatic rings. The summed E-state index contributed by atoms with van der Waals surface area (Å²) < 4.78 is 41.9. The molecule has 0 atom stereocenters. The Balaban J connectivity index is 1.96. The SMILES string of the molecule is COc1ccc(S(=O)(=O)NCC(=O)NCc2ccco2)cc1OC. The molecule has 1 heterocycles. The van der Waals surface area contributed by atoms with E-state index in [9.17, 15) is 13.2 Å². The standard InChI is InChI=1S/C15H18N2O6S/c1-21-13-6-5-12(8-14(13)22-2)24(19,20)17-10-15(18)16-9-11-4-3-7-23-11/h3-8,17H,9-10H2,1-2H3,(H,16,18). The molecule has 0 radical (unpaired) electrons. The lowest BCUT2D eigenvalue weighted by atomic mass is 10.3. The van der Waals surface area contributed by atoms with E-state index < -0.39 is 22.5 Å². The second-order valence-corrected chi connectivity index (χ2v) is 6.46. The molecule has 0 unspecified atom stereocenters. The van der Waals surface area contributed by atoms with Crippen molar-refractivity contribution in [3.05, 3.63) is 42.4 Å². The molecule has 24 heavy (non-hydrogen) atoms. The van der Waals surface area contributed by atoms with Crippen LogP contribution in [0.4, 0.5) is 0 Å². The van der Waals surface area contributed by atoms with Gasteiger partial charge in [-0.05, 0) is 24.3 Å². The molecule has 0 saturated carbocycles. The number of methoxy groups -OCH3 is 2. The van der Waals surface area contributed by atoms with Crippen molar-refractivity contribution in [2.24, 2.45) is 0 Å². The number of hydrogen-bond donors (Lipinski definition) is 2. The third-order valence-electron chi connectivity index (χ3n) is 3.13. The fraction of sp³-hybridized carbons (Fsp3) is 0.267. The Labute approximate surface area is 139 Å². The van der Waals surface area contributed by atoms with E-state index in [1.807, 2.05) is 0 Å². The second-order valence-electron chi connectivity index (χ2n) is 4.70. The number of furan rings is 1. The number of benzene rings is 1. The predicted molar refractivity (Wildman–Crippen MR) is 85.3 cm³/mol. The first-order valence-electron chi connectivity index (χ1n) is 6.97. The van der Waals surface area contributed by atoms with Crippen molar-refractivity contribution in [3.8, 4) is 11.5 Å². The summed E-state index contributed by atoms with van der Waals surface area (Å²) in [4.78, 5) is 11.7. The van der Waals surface area contributed by atoms with E-state index in [2.05, 4.69) is 10.0 Å². The summed E-state index contributed by atoms with van der Waals surface area (Å²) in [6.07, 6.45) is 1.49. The average molecular weight is 354 g/mol. The van der Waals surface area contributed by atoms with Crippen LogP contribution >= 0.6 is 0 Å². The molecule has 1 aromatic heterocycles. The van der Waals surface area contributed by atoms with E-state index in [0.717, 1.165) is 0 Å². The Morgan fingerprint density at radius 3 is 2.54 bits per heavy atom. The summed E-state index contributed by atoms with van der Waals surface area (Å²) in [5.74, 6) is 0.789. The molecule has 0 aliphatic heterocycles. The minimum absolute atomic E-state index is 0.0287. The Kier molecular flexibility index (Phi) is 5.83. The minimum Gasteiger partial charge on any atom is -0.493 e. The highest BCUT2D eigenvalue weighted by Crippen LogP contribution is 2.29. The zero-order chi connectivity index (χ0) is 17.6. The largest absolute Gasteiger partial charge is 0.493 e. The van der Waals surface area contributed by atoms with Gasteiger partial charge in [-0.2, -0.15) is 0 Å². The molecule has 0 saturated heterocycles. The van der Waals surface area contributed by atoms with Crippen molar-refractivity contribution in [2.75, 3.05) is 20.8 Å². The molecule has 0 fully saturated rings.